The van der Waals surface area contributed by atoms with Gasteiger partial charge in [0.05, 0.1) is 24.0 Å². The molecule has 0 saturated heterocycles. The molecular formula is C21H29N3O. The Morgan fingerprint density at radius 2 is 1.92 bits per heavy atom. The summed E-state index contributed by atoms with van der Waals surface area (Å²) in [5, 5.41) is 3.17. The highest BCUT2D eigenvalue weighted by atomic mass is 16.2. The van der Waals surface area contributed by atoms with Gasteiger partial charge >= 0.3 is 0 Å². The molecule has 0 bridgehead atoms. The van der Waals surface area contributed by atoms with Crippen LogP contribution in [0.15, 0.2) is 36.8 Å². The van der Waals surface area contributed by atoms with Crippen molar-refractivity contribution in [3.63, 3.8) is 0 Å². The number of nitrogens with one attached hydrogen (secondary N) is 1. The summed E-state index contributed by atoms with van der Waals surface area (Å²) in [5.41, 5.74) is 2.97. The van der Waals surface area contributed by atoms with Crippen LogP contribution in [0.5, 0.6) is 0 Å². The van der Waals surface area contributed by atoms with E-state index in [2.05, 4.69) is 73.8 Å². The van der Waals surface area contributed by atoms with E-state index in [-0.39, 0.29) is 11.3 Å². The van der Waals surface area contributed by atoms with Gasteiger partial charge in [-0.05, 0) is 30.2 Å². The summed E-state index contributed by atoms with van der Waals surface area (Å²) in [6.45, 7) is 12.2. The third-order valence-electron chi connectivity index (χ3n) is 5.46. The van der Waals surface area contributed by atoms with Crippen molar-refractivity contribution < 1.29 is 4.79 Å². The number of hydrogen-bond acceptors (Lipinski definition) is 2. The normalized spacial score (nSPS) is 21.4. The van der Waals surface area contributed by atoms with E-state index in [9.17, 15) is 4.79 Å². The average molecular weight is 339 g/mol. The largest absolute Gasteiger partial charge is 0.350 e. The Morgan fingerprint density at radius 3 is 2.48 bits per heavy atom. The molecule has 1 unspecified atom stereocenters. The van der Waals surface area contributed by atoms with Crippen molar-refractivity contribution in [3.05, 3.63) is 53.6 Å². The number of hydrogen-bond donors (Lipinski definition) is 1. The fourth-order valence-corrected chi connectivity index (χ4v) is 3.84. The van der Waals surface area contributed by atoms with E-state index in [1.165, 1.54) is 5.56 Å². The molecule has 1 atom stereocenters. The molecule has 25 heavy (non-hydrogen) atoms. The van der Waals surface area contributed by atoms with Crippen molar-refractivity contribution in [1.29, 1.82) is 0 Å². The fraction of sp³-hybridized carbons (Fsp3) is 0.524. The molecule has 1 aromatic heterocycles. The molecule has 1 heterocycles. The van der Waals surface area contributed by atoms with Crippen LogP contribution in [-0.4, -0.2) is 15.5 Å². The lowest BCUT2D eigenvalue weighted by Crippen LogP contribution is -2.37. The zero-order valence-corrected chi connectivity index (χ0v) is 16.0. The minimum atomic E-state index is -0.413. The second-order valence-electron chi connectivity index (χ2n) is 8.45. The average Bonchev–Trinajstić information content (AvgIpc) is 2.89. The molecule has 1 aliphatic carbocycles. The number of aromatic nitrogens is 2. The van der Waals surface area contributed by atoms with Gasteiger partial charge in [0, 0.05) is 12.7 Å². The molecule has 134 valence electrons. The van der Waals surface area contributed by atoms with Crippen molar-refractivity contribution >= 4 is 5.91 Å². The molecule has 1 N–H and O–H groups in total. The summed E-state index contributed by atoms with van der Waals surface area (Å²) in [5.74, 6) is 0.670. The van der Waals surface area contributed by atoms with E-state index in [0.29, 0.717) is 12.5 Å². The van der Waals surface area contributed by atoms with Crippen LogP contribution in [0.2, 0.25) is 0 Å². The summed E-state index contributed by atoms with van der Waals surface area (Å²) in [4.78, 5) is 17.4. The number of carbonyl (C=O) groups is 1. The Labute approximate surface area is 150 Å². The van der Waals surface area contributed by atoms with Gasteiger partial charge in [-0.25, -0.2) is 4.98 Å². The molecule has 1 aliphatic rings. The third-order valence-corrected chi connectivity index (χ3v) is 5.46. The number of carbonyl (C=O) groups excluding carboxylic acids is 1. The Hall–Kier alpha value is -2.10. The van der Waals surface area contributed by atoms with E-state index in [0.717, 1.165) is 24.2 Å². The molecule has 0 aliphatic heterocycles. The fourth-order valence-electron chi connectivity index (χ4n) is 3.84. The number of aryl methyl sites for hydroxylation is 1. The molecule has 1 aromatic carbocycles. The van der Waals surface area contributed by atoms with Crippen molar-refractivity contribution in [1.82, 2.24) is 14.9 Å². The Bertz CT molecular complexity index is 758. The van der Waals surface area contributed by atoms with Crippen molar-refractivity contribution in [2.24, 2.45) is 11.3 Å². The molecule has 0 spiro atoms. The summed E-state index contributed by atoms with van der Waals surface area (Å²) >= 11 is 0. The lowest BCUT2D eigenvalue weighted by Gasteiger charge is -2.21. The molecule has 3 rings (SSSR count). The first-order valence-corrected chi connectivity index (χ1v) is 9.11. The van der Waals surface area contributed by atoms with Gasteiger partial charge in [-0.15, -0.1) is 0 Å². The predicted octanol–water partition coefficient (Wildman–Crippen LogP) is 3.83. The van der Waals surface area contributed by atoms with E-state index in [4.69, 9.17) is 0 Å². The summed E-state index contributed by atoms with van der Waals surface area (Å²) in [6, 6.07) is 8.40. The zero-order valence-electron chi connectivity index (χ0n) is 16.0. The number of benzene rings is 1. The van der Waals surface area contributed by atoms with Gasteiger partial charge in [-0.1, -0.05) is 57.5 Å². The molecule has 1 amide bonds. The molecular weight excluding hydrogens is 310 g/mol. The number of rotatable bonds is 6. The first kappa shape index (κ1) is 17.7. The van der Waals surface area contributed by atoms with Crippen LogP contribution in [0, 0.1) is 18.3 Å². The molecule has 2 aromatic rings. The van der Waals surface area contributed by atoms with Gasteiger partial charge in [-0.3, -0.25) is 4.79 Å². The maximum absolute atomic E-state index is 13.1. The molecule has 1 fully saturated rings. The highest BCUT2D eigenvalue weighted by Gasteiger charge is 2.66. The van der Waals surface area contributed by atoms with Gasteiger partial charge in [0.2, 0.25) is 5.91 Å². The third kappa shape index (κ3) is 3.22. The summed E-state index contributed by atoms with van der Waals surface area (Å²) < 4.78 is 2.13. The lowest BCUT2D eigenvalue weighted by atomic mass is 9.86. The second-order valence-corrected chi connectivity index (χ2v) is 8.45. The van der Waals surface area contributed by atoms with Crippen LogP contribution >= 0.6 is 0 Å². The predicted molar refractivity (Wildman–Crippen MR) is 100 cm³/mol. The van der Waals surface area contributed by atoms with E-state index in [1.807, 2.05) is 12.5 Å². The van der Waals surface area contributed by atoms with Crippen molar-refractivity contribution in [2.75, 3.05) is 0 Å². The Kier molecular flexibility index (Phi) is 4.48. The monoisotopic (exact) mass is 339 g/mol. The summed E-state index contributed by atoms with van der Waals surface area (Å²) in [7, 11) is 0. The highest BCUT2D eigenvalue weighted by Crippen LogP contribution is 2.64. The Balaban J connectivity index is 1.75. The molecule has 1 saturated carbocycles. The van der Waals surface area contributed by atoms with Gasteiger partial charge in [-0.2, -0.15) is 0 Å². The topological polar surface area (TPSA) is 46.9 Å². The quantitative estimate of drug-likeness (QED) is 0.869. The van der Waals surface area contributed by atoms with Crippen LogP contribution in [0.4, 0.5) is 0 Å². The van der Waals surface area contributed by atoms with Crippen LogP contribution in [-0.2, 0) is 23.3 Å². The number of nitrogens with zero attached hydrogens (tertiary/aromatic N) is 2. The van der Waals surface area contributed by atoms with Gasteiger partial charge in [0.25, 0.3) is 0 Å². The lowest BCUT2D eigenvalue weighted by molar-refractivity contribution is -0.124. The summed E-state index contributed by atoms with van der Waals surface area (Å²) in [6.07, 6.45) is 4.58. The van der Waals surface area contributed by atoms with Crippen molar-refractivity contribution in [2.45, 2.75) is 59.5 Å². The first-order chi connectivity index (χ1) is 11.8. The van der Waals surface area contributed by atoms with E-state index >= 15 is 0 Å². The van der Waals surface area contributed by atoms with Crippen LogP contribution in [0.1, 0.15) is 50.9 Å². The number of imidazole rings is 1. The van der Waals surface area contributed by atoms with Crippen LogP contribution < -0.4 is 5.32 Å². The maximum Gasteiger partial charge on any atom is 0.231 e. The smallest absolute Gasteiger partial charge is 0.231 e. The van der Waals surface area contributed by atoms with Gasteiger partial charge in [0.15, 0.2) is 0 Å². The van der Waals surface area contributed by atoms with Crippen molar-refractivity contribution in [3.8, 4) is 0 Å². The van der Waals surface area contributed by atoms with E-state index < -0.39 is 5.41 Å². The van der Waals surface area contributed by atoms with Crippen LogP contribution in [0.25, 0.3) is 0 Å². The van der Waals surface area contributed by atoms with Crippen LogP contribution in [0.3, 0.4) is 0 Å². The zero-order chi connectivity index (χ0) is 18.2. The highest BCUT2D eigenvalue weighted by molar-refractivity contribution is 5.93. The van der Waals surface area contributed by atoms with Gasteiger partial charge < -0.3 is 9.88 Å². The maximum atomic E-state index is 13.1. The minimum absolute atomic E-state index is 0.00941. The number of amides is 1. The molecule has 4 heteroatoms. The SMILES string of the molecule is Cc1ccc(C2(C(=O)NCc3cncn3CC(C)C)CC2(C)C)cc1. The molecule has 0 radical (unpaired) electrons. The minimum Gasteiger partial charge on any atom is -0.350 e. The first-order valence-electron chi connectivity index (χ1n) is 9.11. The van der Waals surface area contributed by atoms with Gasteiger partial charge in [0.1, 0.15) is 0 Å². The molecule has 4 nitrogen and oxygen atoms in total. The second kappa shape index (κ2) is 6.32. The Morgan fingerprint density at radius 1 is 1.28 bits per heavy atom. The standard InChI is InChI=1S/C21H29N3O/c1-15(2)12-24-14-22-10-18(24)11-23-19(25)21(13-20(21,4)5)17-8-6-16(3)7-9-17/h6-10,14-15H,11-13H2,1-5H3,(H,23,25). The van der Waals surface area contributed by atoms with E-state index in [1.54, 1.807) is 0 Å².